The molecule has 2 aromatic rings. The van der Waals surface area contributed by atoms with Crippen molar-refractivity contribution in [3.63, 3.8) is 0 Å². The highest BCUT2D eigenvalue weighted by atomic mass is 32.2. The number of hydrogen-bond donors (Lipinski definition) is 0. The van der Waals surface area contributed by atoms with Crippen LogP contribution in [0.5, 0.6) is 0 Å². The van der Waals surface area contributed by atoms with Gasteiger partial charge in [0, 0.05) is 26.1 Å². The van der Waals surface area contributed by atoms with Gasteiger partial charge in [0.25, 0.3) is 0 Å². The number of aryl methyl sites for hydroxylation is 1. The van der Waals surface area contributed by atoms with Crippen molar-refractivity contribution in [1.82, 2.24) is 9.21 Å². The number of hydrogen-bond acceptors (Lipinski definition) is 3. The predicted molar refractivity (Wildman–Crippen MR) is 110 cm³/mol. The molecule has 1 aliphatic rings. The maximum atomic E-state index is 13.5. The number of halogens is 2. The SMILES string of the molecule is Cc1ccc(S(=O)(=O)N2CCC(C(=O)N(C)C(C)c3ccc(F)c(F)c3)CC2)cc1. The Bertz CT molecular complexity index is 1020. The fourth-order valence-electron chi connectivity index (χ4n) is 3.68. The van der Waals surface area contributed by atoms with Crippen LogP contribution < -0.4 is 0 Å². The molecule has 1 heterocycles. The van der Waals surface area contributed by atoms with Crippen LogP contribution >= 0.6 is 0 Å². The Labute approximate surface area is 176 Å². The van der Waals surface area contributed by atoms with E-state index in [2.05, 4.69) is 0 Å². The smallest absolute Gasteiger partial charge is 0.243 e. The van der Waals surface area contributed by atoms with E-state index in [1.54, 1.807) is 38.2 Å². The lowest BCUT2D eigenvalue weighted by atomic mass is 9.95. The van der Waals surface area contributed by atoms with Crippen molar-refractivity contribution in [2.24, 2.45) is 5.92 Å². The highest BCUT2D eigenvalue weighted by Gasteiger charge is 2.34. The van der Waals surface area contributed by atoms with Gasteiger partial charge in [0.15, 0.2) is 11.6 Å². The summed E-state index contributed by atoms with van der Waals surface area (Å²) < 4.78 is 53.8. The summed E-state index contributed by atoms with van der Waals surface area (Å²) >= 11 is 0. The van der Waals surface area contributed by atoms with Crippen LogP contribution in [0.1, 0.15) is 36.9 Å². The van der Waals surface area contributed by atoms with Crippen LogP contribution in [0.3, 0.4) is 0 Å². The van der Waals surface area contributed by atoms with Crippen molar-refractivity contribution in [3.05, 3.63) is 65.2 Å². The third kappa shape index (κ3) is 4.54. The second-order valence-electron chi connectivity index (χ2n) is 7.79. The minimum Gasteiger partial charge on any atom is -0.339 e. The van der Waals surface area contributed by atoms with E-state index < -0.39 is 27.7 Å². The molecule has 0 aliphatic carbocycles. The van der Waals surface area contributed by atoms with E-state index in [4.69, 9.17) is 0 Å². The van der Waals surface area contributed by atoms with Gasteiger partial charge in [-0.25, -0.2) is 17.2 Å². The molecule has 1 atom stereocenters. The summed E-state index contributed by atoms with van der Waals surface area (Å²) in [5, 5.41) is 0. The first kappa shape index (κ1) is 22.4. The first-order valence-electron chi connectivity index (χ1n) is 9.89. The zero-order chi connectivity index (χ0) is 22.1. The summed E-state index contributed by atoms with van der Waals surface area (Å²) in [6.45, 7) is 4.17. The van der Waals surface area contributed by atoms with Crippen molar-refractivity contribution in [1.29, 1.82) is 0 Å². The lowest BCUT2D eigenvalue weighted by Crippen LogP contribution is -2.44. The number of benzene rings is 2. The van der Waals surface area contributed by atoms with Crippen molar-refractivity contribution in [2.75, 3.05) is 20.1 Å². The number of carbonyl (C=O) groups excluding carboxylic acids is 1. The Balaban J connectivity index is 1.64. The maximum Gasteiger partial charge on any atom is 0.243 e. The average Bonchev–Trinajstić information content (AvgIpc) is 2.74. The zero-order valence-electron chi connectivity index (χ0n) is 17.3. The molecule has 1 aliphatic heterocycles. The molecule has 0 spiro atoms. The summed E-state index contributed by atoms with van der Waals surface area (Å²) in [5.74, 6) is -2.32. The Hall–Kier alpha value is -2.32. The number of carbonyl (C=O) groups is 1. The highest BCUT2D eigenvalue weighted by Crippen LogP contribution is 2.28. The van der Waals surface area contributed by atoms with Gasteiger partial charge in [0.1, 0.15) is 0 Å². The van der Waals surface area contributed by atoms with Gasteiger partial charge in [-0.1, -0.05) is 23.8 Å². The minimum atomic E-state index is -3.59. The van der Waals surface area contributed by atoms with Gasteiger partial charge in [-0.05, 0) is 56.5 Å². The van der Waals surface area contributed by atoms with E-state index in [1.165, 1.54) is 15.3 Å². The molecular formula is C22H26F2N2O3S. The van der Waals surface area contributed by atoms with Crippen molar-refractivity contribution >= 4 is 15.9 Å². The Morgan fingerprint density at radius 3 is 2.23 bits per heavy atom. The standard InChI is InChI=1S/C22H26F2N2O3S/c1-15-4-7-19(8-5-15)30(28,29)26-12-10-17(11-13-26)22(27)25(3)16(2)18-6-9-20(23)21(24)14-18/h4-9,14,16-17H,10-13H2,1-3H3. The van der Waals surface area contributed by atoms with Gasteiger partial charge in [0.05, 0.1) is 10.9 Å². The van der Waals surface area contributed by atoms with E-state index in [-0.39, 0.29) is 29.8 Å². The van der Waals surface area contributed by atoms with Crippen LogP contribution in [0.4, 0.5) is 8.78 Å². The zero-order valence-corrected chi connectivity index (χ0v) is 18.1. The van der Waals surface area contributed by atoms with Crippen molar-refractivity contribution in [3.8, 4) is 0 Å². The molecule has 0 N–H and O–H groups in total. The van der Waals surface area contributed by atoms with E-state index in [1.807, 2.05) is 6.92 Å². The summed E-state index contributed by atoms with van der Waals surface area (Å²) in [6.07, 6.45) is 0.831. The molecule has 1 saturated heterocycles. The molecule has 0 aromatic heterocycles. The quantitative estimate of drug-likeness (QED) is 0.715. The van der Waals surface area contributed by atoms with Crippen LogP contribution in [0.25, 0.3) is 0 Å². The summed E-state index contributed by atoms with van der Waals surface area (Å²) in [5.41, 5.74) is 1.49. The van der Waals surface area contributed by atoms with E-state index in [9.17, 15) is 22.0 Å². The van der Waals surface area contributed by atoms with Crippen LogP contribution in [-0.4, -0.2) is 43.7 Å². The average molecular weight is 437 g/mol. The minimum absolute atomic E-state index is 0.125. The topological polar surface area (TPSA) is 57.7 Å². The molecule has 1 unspecified atom stereocenters. The third-order valence-electron chi connectivity index (χ3n) is 5.82. The van der Waals surface area contributed by atoms with Gasteiger partial charge in [-0.15, -0.1) is 0 Å². The van der Waals surface area contributed by atoms with Crippen molar-refractivity contribution < 1.29 is 22.0 Å². The van der Waals surface area contributed by atoms with E-state index in [0.29, 0.717) is 18.4 Å². The highest BCUT2D eigenvalue weighted by molar-refractivity contribution is 7.89. The molecule has 1 amide bonds. The van der Waals surface area contributed by atoms with E-state index in [0.717, 1.165) is 17.7 Å². The molecule has 30 heavy (non-hydrogen) atoms. The fraction of sp³-hybridized carbons (Fsp3) is 0.409. The van der Waals surface area contributed by atoms with Gasteiger partial charge >= 0.3 is 0 Å². The molecule has 5 nitrogen and oxygen atoms in total. The van der Waals surface area contributed by atoms with Crippen LogP contribution in [0.2, 0.25) is 0 Å². The summed E-state index contributed by atoms with van der Waals surface area (Å²) in [4.78, 5) is 14.7. The number of piperidine rings is 1. The van der Waals surface area contributed by atoms with Gasteiger partial charge in [-0.2, -0.15) is 4.31 Å². The first-order valence-corrected chi connectivity index (χ1v) is 11.3. The Morgan fingerprint density at radius 1 is 1.07 bits per heavy atom. The van der Waals surface area contributed by atoms with Crippen LogP contribution in [-0.2, 0) is 14.8 Å². The molecule has 162 valence electrons. The Morgan fingerprint density at radius 2 is 1.67 bits per heavy atom. The largest absolute Gasteiger partial charge is 0.339 e. The summed E-state index contributed by atoms with van der Waals surface area (Å²) in [7, 11) is -1.96. The summed E-state index contributed by atoms with van der Waals surface area (Å²) in [6, 6.07) is 9.90. The molecule has 0 radical (unpaired) electrons. The van der Waals surface area contributed by atoms with Crippen LogP contribution in [0, 0.1) is 24.5 Å². The number of nitrogens with zero attached hydrogens (tertiary/aromatic N) is 2. The first-order chi connectivity index (χ1) is 14.1. The number of amides is 1. The second kappa shape index (κ2) is 8.81. The predicted octanol–water partition coefficient (Wildman–Crippen LogP) is 3.89. The normalized spacial score (nSPS) is 17.0. The molecule has 0 saturated carbocycles. The van der Waals surface area contributed by atoms with Crippen molar-refractivity contribution in [2.45, 2.75) is 37.6 Å². The van der Waals surface area contributed by atoms with Gasteiger partial charge in [0.2, 0.25) is 15.9 Å². The van der Waals surface area contributed by atoms with Gasteiger partial charge < -0.3 is 4.90 Å². The van der Waals surface area contributed by atoms with Gasteiger partial charge in [-0.3, -0.25) is 4.79 Å². The van der Waals surface area contributed by atoms with Crippen LogP contribution in [0.15, 0.2) is 47.4 Å². The molecular weight excluding hydrogens is 410 g/mol. The lowest BCUT2D eigenvalue weighted by molar-refractivity contribution is -0.137. The Kier molecular flexibility index (Phi) is 6.57. The molecule has 1 fully saturated rings. The fourth-order valence-corrected chi connectivity index (χ4v) is 5.15. The maximum absolute atomic E-state index is 13.5. The monoisotopic (exact) mass is 436 g/mol. The molecule has 3 rings (SSSR count). The lowest BCUT2D eigenvalue weighted by Gasteiger charge is -2.34. The van der Waals surface area contributed by atoms with E-state index >= 15 is 0 Å². The molecule has 2 aromatic carbocycles. The second-order valence-corrected chi connectivity index (χ2v) is 9.73. The molecule has 8 heteroatoms. The third-order valence-corrected chi connectivity index (χ3v) is 7.73. The number of sulfonamides is 1. The molecule has 0 bridgehead atoms. The number of rotatable bonds is 5.